The van der Waals surface area contributed by atoms with Crippen LogP contribution >= 0.6 is 0 Å². The average molecular weight is 395 g/mol. The number of nitrogen functional groups attached to an aromatic ring is 1. The lowest BCUT2D eigenvalue weighted by Crippen LogP contribution is -2.13. The van der Waals surface area contributed by atoms with Crippen molar-refractivity contribution in [1.82, 2.24) is 4.57 Å². The van der Waals surface area contributed by atoms with Crippen molar-refractivity contribution in [3.05, 3.63) is 78.4 Å². The second-order valence-electron chi connectivity index (χ2n) is 7.36. The van der Waals surface area contributed by atoms with Gasteiger partial charge in [-0.3, -0.25) is 4.79 Å². The first-order chi connectivity index (χ1) is 14.6. The number of amides is 1. The highest BCUT2D eigenvalue weighted by molar-refractivity contribution is 6.14. The zero-order valence-corrected chi connectivity index (χ0v) is 16.5. The number of benzene rings is 4. The van der Waals surface area contributed by atoms with Crippen molar-refractivity contribution in [1.29, 1.82) is 0 Å². The molecule has 0 fully saturated rings. The Hall–Kier alpha value is -3.99. The van der Waals surface area contributed by atoms with Crippen molar-refractivity contribution >= 4 is 49.9 Å². The largest absolute Gasteiger partial charge is 0.505 e. The van der Waals surface area contributed by atoms with Crippen LogP contribution in [0.5, 0.6) is 5.75 Å². The molecule has 5 rings (SSSR count). The summed E-state index contributed by atoms with van der Waals surface area (Å²) >= 11 is 0. The molecule has 1 heterocycles. The summed E-state index contributed by atoms with van der Waals surface area (Å²) in [7, 11) is 0. The molecular weight excluding hydrogens is 374 g/mol. The number of rotatable bonds is 3. The number of phenols is 1. The Bertz CT molecular complexity index is 1450. The predicted octanol–water partition coefficient (Wildman–Crippen LogP) is 5.51. The molecule has 0 saturated carbocycles. The van der Waals surface area contributed by atoms with Crippen LogP contribution in [0.1, 0.15) is 17.3 Å². The van der Waals surface area contributed by atoms with E-state index in [1.807, 2.05) is 54.6 Å². The number of carbonyl (C=O) groups excluding carboxylic acids is 1. The molecule has 0 spiro atoms. The van der Waals surface area contributed by atoms with Crippen LogP contribution in [0.4, 0.5) is 11.4 Å². The smallest absolute Gasteiger partial charge is 0.259 e. The minimum atomic E-state index is -0.400. The van der Waals surface area contributed by atoms with Gasteiger partial charge in [0.25, 0.3) is 5.91 Å². The standard InChI is InChI=1S/C25H21N3O2/c1-2-28-21-10-6-5-9-18(21)19-14-16(11-12-22(19)28)27-25(30)20-13-15-7-3-4-8-17(15)23(26)24(20)29/h3-14,29H,2,26H2,1H3,(H,27,30). The third-order valence-electron chi connectivity index (χ3n) is 5.65. The lowest BCUT2D eigenvalue weighted by atomic mass is 10.0. The van der Waals surface area contributed by atoms with Gasteiger partial charge >= 0.3 is 0 Å². The van der Waals surface area contributed by atoms with E-state index < -0.39 is 5.91 Å². The van der Waals surface area contributed by atoms with Crippen LogP contribution in [0, 0.1) is 0 Å². The van der Waals surface area contributed by atoms with E-state index in [-0.39, 0.29) is 17.0 Å². The van der Waals surface area contributed by atoms with Gasteiger partial charge in [-0.1, -0.05) is 42.5 Å². The van der Waals surface area contributed by atoms with E-state index in [4.69, 9.17) is 5.73 Å². The van der Waals surface area contributed by atoms with Crippen LogP contribution in [0.15, 0.2) is 72.8 Å². The lowest BCUT2D eigenvalue weighted by Gasteiger charge is -2.11. The highest BCUT2D eigenvalue weighted by atomic mass is 16.3. The summed E-state index contributed by atoms with van der Waals surface area (Å²) in [6.45, 7) is 2.98. The number of hydrogen-bond donors (Lipinski definition) is 3. The summed E-state index contributed by atoms with van der Waals surface area (Å²) in [4.78, 5) is 13.0. The zero-order valence-electron chi connectivity index (χ0n) is 16.5. The number of nitrogens with zero attached hydrogens (tertiary/aromatic N) is 1. The minimum Gasteiger partial charge on any atom is -0.505 e. The Morgan fingerprint density at radius 2 is 1.63 bits per heavy atom. The fraction of sp³-hybridized carbons (Fsp3) is 0.0800. The molecule has 1 amide bonds. The highest BCUT2D eigenvalue weighted by Gasteiger charge is 2.17. The maximum absolute atomic E-state index is 13.0. The molecule has 5 heteroatoms. The number of anilines is 2. The Labute approximate surface area is 173 Å². The minimum absolute atomic E-state index is 0.155. The van der Waals surface area contributed by atoms with Gasteiger partial charge in [-0.15, -0.1) is 0 Å². The van der Waals surface area contributed by atoms with Crippen molar-refractivity contribution < 1.29 is 9.90 Å². The number of hydrogen-bond acceptors (Lipinski definition) is 3. The second-order valence-corrected chi connectivity index (χ2v) is 7.36. The second kappa shape index (κ2) is 6.81. The molecule has 5 nitrogen and oxygen atoms in total. The monoisotopic (exact) mass is 395 g/mol. The summed E-state index contributed by atoms with van der Waals surface area (Å²) in [6.07, 6.45) is 0. The number of fused-ring (bicyclic) bond motifs is 4. The summed E-state index contributed by atoms with van der Waals surface area (Å²) in [5, 5.41) is 17.2. The van der Waals surface area contributed by atoms with E-state index in [0.29, 0.717) is 5.69 Å². The van der Waals surface area contributed by atoms with E-state index >= 15 is 0 Å². The first kappa shape index (κ1) is 18.1. The van der Waals surface area contributed by atoms with Crippen molar-refractivity contribution in [3.8, 4) is 5.75 Å². The van der Waals surface area contributed by atoms with E-state index in [0.717, 1.165) is 33.6 Å². The van der Waals surface area contributed by atoms with Gasteiger partial charge in [0, 0.05) is 39.4 Å². The van der Waals surface area contributed by atoms with Crippen LogP contribution in [0.3, 0.4) is 0 Å². The quantitative estimate of drug-likeness (QED) is 0.278. The third-order valence-corrected chi connectivity index (χ3v) is 5.65. The number of para-hydroxylation sites is 1. The SMILES string of the molecule is CCn1c2ccccc2c2cc(NC(=O)c3cc4ccccc4c(N)c3O)ccc21. The van der Waals surface area contributed by atoms with Gasteiger partial charge < -0.3 is 20.7 Å². The number of aromatic hydroxyl groups is 1. The molecule has 0 unspecified atom stereocenters. The zero-order chi connectivity index (χ0) is 20.8. The van der Waals surface area contributed by atoms with Gasteiger partial charge in [0.15, 0.2) is 5.75 Å². The average Bonchev–Trinajstić information content (AvgIpc) is 3.09. The molecule has 4 N–H and O–H groups in total. The van der Waals surface area contributed by atoms with Crippen LogP contribution in [-0.4, -0.2) is 15.6 Å². The summed E-state index contributed by atoms with van der Waals surface area (Å²) in [5.41, 5.74) is 9.38. The van der Waals surface area contributed by atoms with Crippen molar-refractivity contribution in [2.75, 3.05) is 11.1 Å². The number of nitrogens with one attached hydrogen (secondary N) is 1. The molecular formula is C25H21N3O2. The molecule has 1 aromatic heterocycles. The first-order valence-corrected chi connectivity index (χ1v) is 9.91. The van der Waals surface area contributed by atoms with E-state index in [2.05, 4.69) is 28.9 Å². The van der Waals surface area contributed by atoms with E-state index in [1.165, 1.54) is 5.52 Å². The molecule has 0 aliphatic rings. The van der Waals surface area contributed by atoms with E-state index in [1.54, 1.807) is 6.07 Å². The van der Waals surface area contributed by atoms with Gasteiger partial charge in [-0.05, 0) is 42.6 Å². The number of aromatic nitrogens is 1. The number of phenolic OH excluding ortho intramolecular Hbond substituents is 1. The lowest BCUT2D eigenvalue weighted by molar-refractivity contribution is 0.102. The molecule has 0 aliphatic carbocycles. The summed E-state index contributed by atoms with van der Waals surface area (Å²) in [5.74, 6) is -0.599. The molecule has 148 valence electrons. The third kappa shape index (κ3) is 2.67. The molecule has 0 saturated heterocycles. The molecule has 0 atom stereocenters. The topological polar surface area (TPSA) is 80.3 Å². The maximum Gasteiger partial charge on any atom is 0.259 e. The molecule has 4 aromatic carbocycles. The molecule has 5 aromatic rings. The highest BCUT2D eigenvalue weighted by Crippen LogP contribution is 2.35. The van der Waals surface area contributed by atoms with Crippen molar-refractivity contribution in [3.63, 3.8) is 0 Å². The van der Waals surface area contributed by atoms with Crippen molar-refractivity contribution in [2.45, 2.75) is 13.5 Å². The van der Waals surface area contributed by atoms with E-state index in [9.17, 15) is 9.90 Å². The van der Waals surface area contributed by atoms with Crippen LogP contribution in [0.2, 0.25) is 0 Å². The first-order valence-electron chi connectivity index (χ1n) is 9.91. The molecule has 0 bridgehead atoms. The normalized spacial score (nSPS) is 11.4. The number of aryl methyl sites for hydroxylation is 1. The number of nitrogens with two attached hydrogens (primary N) is 1. The van der Waals surface area contributed by atoms with Gasteiger partial charge in [-0.2, -0.15) is 0 Å². The summed E-state index contributed by atoms with van der Waals surface area (Å²) in [6, 6.07) is 23.2. The van der Waals surface area contributed by atoms with Gasteiger partial charge in [0.2, 0.25) is 0 Å². The number of carbonyl (C=O) groups is 1. The van der Waals surface area contributed by atoms with Crippen molar-refractivity contribution in [2.24, 2.45) is 0 Å². The van der Waals surface area contributed by atoms with Gasteiger partial charge in [-0.25, -0.2) is 0 Å². The Morgan fingerprint density at radius 1 is 0.933 bits per heavy atom. The summed E-state index contributed by atoms with van der Waals surface area (Å²) < 4.78 is 2.26. The van der Waals surface area contributed by atoms with Gasteiger partial charge in [0.05, 0.1) is 11.3 Å². The Kier molecular flexibility index (Phi) is 4.10. The fourth-order valence-corrected chi connectivity index (χ4v) is 4.21. The molecule has 0 aliphatic heterocycles. The van der Waals surface area contributed by atoms with Gasteiger partial charge in [0.1, 0.15) is 0 Å². The van der Waals surface area contributed by atoms with Crippen LogP contribution < -0.4 is 11.1 Å². The van der Waals surface area contributed by atoms with Crippen LogP contribution in [-0.2, 0) is 6.54 Å². The molecule has 0 radical (unpaired) electrons. The predicted molar refractivity (Wildman–Crippen MR) is 123 cm³/mol. The fourth-order valence-electron chi connectivity index (χ4n) is 4.21. The Balaban J connectivity index is 1.58. The maximum atomic E-state index is 13.0. The Morgan fingerprint density at radius 3 is 2.43 bits per heavy atom. The van der Waals surface area contributed by atoms with Crippen LogP contribution in [0.25, 0.3) is 32.6 Å². The molecule has 30 heavy (non-hydrogen) atoms.